The van der Waals surface area contributed by atoms with Gasteiger partial charge in [-0.15, -0.1) is 0 Å². The average Bonchev–Trinajstić information content (AvgIpc) is 2.57. The maximum Gasteiger partial charge on any atom is 0.219 e. The van der Waals surface area contributed by atoms with Crippen molar-refractivity contribution in [3.8, 4) is 11.1 Å². The van der Waals surface area contributed by atoms with Crippen LogP contribution in [-0.4, -0.2) is 28.9 Å². The molecule has 1 fully saturated rings. The smallest absolute Gasteiger partial charge is 0.219 e. The van der Waals surface area contributed by atoms with Gasteiger partial charge >= 0.3 is 0 Å². The number of nitrogens with zero attached hydrogens (tertiary/aromatic N) is 2. The van der Waals surface area contributed by atoms with Crippen LogP contribution in [0.15, 0.2) is 36.5 Å². The predicted octanol–water partition coefficient (Wildman–Crippen LogP) is 3.75. The molecule has 0 bridgehead atoms. The summed E-state index contributed by atoms with van der Waals surface area (Å²) in [5, 5.41) is 0. The molecule has 1 aromatic carbocycles. The predicted molar refractivity (Wildman–Crippen MR) is 83.8 cm³/mol. The number of benzene rings is 1. The van der Waals surface area contributed by atoms with E-state index in [0.717, 1.165) is 36.7 Å². The Morgan fingerprint density at radius 1 is 1.17 bits per heavy atom. The Morgan fingerprint density at radius 3 is 2.61 bits per heavy atom. The molecule has 0 aliphatic carbocycles. The molecule has 1 aliphatic rings. The lowest BCUT2D eigenvalue weighted by Gasteiger charge is -2.31. The number of likely N-dealkylation sites (tertiary alicyclic amines) is 1. The van der Waals surface area contributed by atoms with Crippen LogP contribution in [0.1, 0.15) is 31.4 Å². The highest BCUT2D eigenvalue weighted by atomic mass is 19.2. The monoisotopic (exact) mass is 316 g/mol. The molecule has 1 aromatic heterocycles. The van der Waals surface area contributed by atoms with Crippen LogP contribution in [0.4, 0.5) is 8.78 Å². The minimum absolute atomic E-state index is 0.0908. The zero-order valence-corrected chi connectivity index (χ0v) is 12.9. The number of rotatable bonds is 2. The molecule has 0 N–H and O–H groups in total. The Hall–Kier alpha value is -2.30. The Morgan fingerprint density at radius 2 is 1.96 bits per heavy atom. The van der Waals surface area contributed by atoms with Crippen molar-refractivity contribution in [3.63, 3.8) is 0 Å². The minimum atomic E-state index is -0.865. The average molecular weight is 316 g/mol. The van der Waals surface area contributed by atoms with Gasteiger partial charge in [0.2, 0.25) is 5.91 Å². The van der Waals surface area contributed by atoms with Crippen molar-refractivity contribution in [1.82, 2.24) is 9.88 Å². The Balaban J connectivity index is 1.79. The third-order valence-electron chi connectivity index (χ3n) is 4.32. The molecule has 3 rings (SSSR count). The van der Waals surface area contributed by atoms with E-state index in [1.165, 1.54) is 12.1 Å². The molecule has 0 spiro atoms. The lowest BCUT2D eigenvalue weighted by molar-refractivity contribution is -0.130. The third kappa shape index (κ3) is 3.38. The van der Waals surface area contributed by atoms with Crippen molar-refractivity contribution >= 4 is 5.91 Å². The third-order valence-corrected chi connectivity index (χ3v) is 4.32. The van der Waals surface area contributed by atoms with Crippen molar-refractivity contribution < 1.29 is 13.6 Å². The largest absolute Gasteiger partial charge is 0.342 e. The number of hydrogen-bond acceptors (Lipinski definition) is 2. The van der Waals surface area contributed by atoms with Gasteiger partial charge in [-0.2, -0.15) is 0 Å². The number of halogens is 2. The van der Waals surface area contributed by atoms with Gasteiger partial charge in [-0.3, -0.25) is 9.78 Å². The van der Waals surface area contributed by atoms with Crippen molar-refractivity contribution in [3.05, 3.63) is 53.9 Å². The maximum atomic E-state index is 13.3. The van der Waals surface area contributed by atoms with Crippen LogP contribution in [0.2, 0.25) is 0 Å². The van der Waals surface area contributed by atoms with Crippen molar-refractivity contribution in [2.75, 3.05) is 13.1 Å². The molecule has 2 aromatic rings. The van der Waals surface area contributed by atoms with Gasteiger partial charge in [0.25, 0.3) is 0 Å². The van der Waals surface area contributed by atoms with Crippen molar-refractivity contribution in [1.29, 1.82) is 0 Å². The van der Waals surface area contributed by atoms with Gasteiger partial charge in [-0.25, -0.2) is 8.78 Å². The first-order chi connectivity index (χ1) is 11.0. The van der Waals surface area contributed by atoms with Crippen LogP contribution >= 0.6 is 0 Å². The second-order valence-corrected chi connectivity index (χ2v) is 5.90. The highest BCUT2D eigenvalue weighted by Crippen LogP contribution is 2.27. The van der Waals surface area contributed by atoms with Crippen molar-refractivity contribution in [2.45, 2.75) is 25.7 Å². The van der Waals surface area contributed by atoms with E-state index in [0.29, 0.717) is 12.1 Å². The molecule has 5 heteroatoms. The Labute approximate surface area is 134 Å². The first kappa shape index (κ1) is 15.6. The van der Waals surface area contributed by atoms with E-state index in [1.807, 2.05) is 17.0 Å². The summed E-state index contributed by atoms with van der Waals surface area (Å²) in [4.78, 5) is 17.8. The molecule has 0 unspecified atom stereocenters. The number of carbonyl (C=O) groups excluding carboxylic acids is 1. The fraction of sp³-hybridized carbons (Fsp3) is 0.333. The van der Waals surface area contributed by atoms with E-state index in [-0.39, 0.29) is 11.8 Å². The number of piperidine rings is 1. The van der Waals surface area contributed by atoms with E-state index >= 15 is 0 Å². The van der Waals surface area contributed by atoms with E-state index in [1.54, 1.807) is 13.1 Å². The molecular weight excluding hydrogens is 298 g/mol. The van der Waals surface area contributed by atoms with Crippen LogP contribution < -0.4 is 0 Å². The summed E-state index contributed by atoms with van der Waals surface area (Å²) in [5.74, 6) is -1.40. The van der Waals surface area contributed by atoms with Gasteiger partial charge in [-0.1, -0.05) is 12.1 Å². The fourth-order valence-electron chi connectivity index (χ4n) is 3.00. The zero-order chi connectivity index (χ0) is 16.4. The summed E-state index contributed by atoms with van der Waals surface area (Å²) in [6.45, 7) is 3.08. The Kier molecular flexibility index (Phi) is 4.37. The molecule has 2 heterocycles. The van der Waals surface area contributed by atoms with Crippen LogP contribution in [0, 0.1) is 11.6 Å². The second kappa shape index (κ2) is 6.44. The summed E-state index contributed by atoms with van der Waals surface area (Å²) in [5.41, 5.74) is 2.27. The SMILES string of the molecule is CC(=O)N1CCC[C@@H](c2ccc(-c3ccc(F)c(F)c3)cn2)C1. The number of pyridine rings is 1. The fourth-order valence-corrected chi connectivity index (χ4v) is 3.00. The first-order valence-corrected chi connectivity index (χ1v) is 7.71. The molecule has 1 aliphatic heterocycles. The molecular formula is C18H18F2N2O. The van der Waals surface area contributed by atoms with Gasteiger partial charge in [0, 0.05) is 43.4 Å². The number of carbonyl (C=O) groups is 1. The normalized spacial score (nSPS) is 18.0. The lowest BCUT2D eigenvalue weighted by Crippen LogP contribution is -2.37. The second-order valence-electron chi connectivity index (χ2n) is 5.90. The summed E-state index contributed by atoms with van der Waals surface area (Å²) in [6, 6.07) is 7.59. The summed E-state index contributed by atoms with van der Waals surface area (Å²) in [7, 11) is 0. The lowest BCUT2D eigenvalue weighted by atomic mass is 9.93. The highest BCUT2D eigenvalue weighted by Gasteiger charge is 2.23. The van der Waals surface area contributed by atoms with Crippen LogP contribution in [0.5, 0.6) is 0 Å². The zero-order valence-electron chi connectivity index (χ0n) is 12.9. The van der Waals surface area contributed by atoms with Crippen LogP contribution in [0.25, 0.3) is 11.1 Å². The van der Waals surface area contributed by atoms with Gasteiger partial charge < -0.3 is 4.90 Å². The topological polar surface area (TPSA) is 33.2 Å². The summed E-state index contributed by atoms with van der Waals surface area (Å²) < 4.78 is 26.3. The molecule has 0 radical (unpaired) electrons. The summed E-state index contributed by atoms with van der Waals surface area (Å²) in [6.07, 6.45) is 3.65. The molecule has 1 amide bonds. The summed E-state index contributed by atoms with van der Waals surface area (Å²) >= 11 is 0. The first-order valence-electron chi connectivity index (χ1n) is 7.71. The standard InChI is InChI=1S/C18H18F2N2O/c1-12(23)22-8-2-3-15(11-22)18-7-5-14(10-21-18)13-4-6-16(19)17(20)9-13/h4-7,9-10,15H,2-3,8,11H2,1H3/t15-/m1/s1. The maximum absolute atomic E-state index is 13.3. The molecule has 120 valence electrons. The van der Waals surface area contributed by atoms with Gasteiger partial charge in [0.05, 0.1) is 0 Å². The van der Waals surface area contributed by atoms with Crippen molar-refractivity contribution in [2.24, 2.45) is 0 Å². The van der Waals surface area contributed by atoms with E-state index < -0.39 is 11.6 Å². The molecule has 0 saturated carbocycles. The van der Waals surface area contributed by atoms with Gasteiger partial charge in [0.1, 0.15) is 0 Å². The van der Waals surface area contributed by atoms with E-state index in [4.69, 9.17) is 0 Å². The number of amides is 1. The van der Waals surface area contributed by atoms with E-state index in [2.05, 4.69) is 4.98 Å². The molecule has 1 saturated heterocycles. The highest BCUT2D eigenvalue weighted by molar-refractivity contribution is 5.73. The molecule has 1 atom stereocenters. The number of aromatic nitrogens is 1. The van der Waals surface area contributed by atoms with Gasteiger partial charge in [0.15, 0.2) is 11.6 Å². The minimum Gasteiger partial charge on any atom is -0.342 e. The molecule has 3 nitrogen and oxygen atoms in total. The Bertz CT molecular complexity index is 715. The molecule has 23 heavy (non-hydrogen) atoms. The number of hydrogen-bond donors (Lipinski definition) is 0. The van der Waals surface area contributed by atoms with Gasteiger partial charge in [-0.05, 0) is 36.6 Å². The van der Waals surface area contributed by atoms with E-state index in [9.17, 15) is 13.6 Å². The van der Waals surface area contributed by atoms with Crippen LogP contribution in [0.3, 0.4) is 0 Å². The quantitative estimate of drug-likeness (QED) is 0.845. The van der Waals surface area contributed by atoms with Crippen LogP contribution in [-0.2, 0) is 4.79 Å².